The van der Waals surface area contributed by atoms with Crippen molar-refractivity contribution in [3.63, 3.8) is 0 Å². The fourth-order valence-corrected chi connectivity index (χ4v) is 4.73. The summed E-state index contributed by atoms with van der Waals surface area (Å²) in [4.78, 5) is 7.02. The van der Waals surface area contributed by atoms with Crippen LogP contribution in [0.4, 0.5) is 13.2 Å². The van der Waals surface area contributed by atoms with E-state index in [2.05, 4.69) is 11.1 Å². The molecule has 3 nitrogen and oxygen atoms in total. The van der Waals surface area contributed by atoms with Crippen LogP contribution in [0.3, 0.4) is 0 Å². The quantitative estimate of drug-likeness (QED) is 0.468. The number of hydrogen-bond acceptors (Lipinski definition) is 4. The lowest BCUT2D eigenvalue weighted by Crippen LogP contribution is -2.39. The second kappa shape index (κ2) is 9.18. The van der Waals surface area contributed by atoms with Gasteiger partial charge in [0.05, 0.1) is 17.1 Å². The Morgan fingerprint density at radius 2 is 1.80 bits per heavy atom. The van der Waals surface area contributed by atoms with E-state index in [0.717, 1.165) is 34.7 Å². The Morgan fingerprint density at radius 1 is 1.03 bits per heavy atom. The average molecular weight is 433 g/mol. The van der Waals surface area contributed by atoms with E-state index < -0.39 is 12.7 Å². The molecule has 1 aliphatic rings. The number of nitrogens with zero attached hydrogens (tertiary/aromatic N) is 2. The van der Waals surface area contributed by atoms with Crippen molar-refractivity contribution in [3.8, 4) is 16.3 Å². The predicted octanol–water partition coefficient (Wildman–Crippen LogP) is 6.13. The molecular weight excluding hydrogens is 409 g/mol. The van der Waals surface area contributed by atoms with Gasteiger partial charge in [0, 0.05) is 11.8 Å². The number of rotatable bonds is 6. The minimum atomic E-state index is -4.12. The van der Waals surface area contributed by atoms with Crippen LogP contribution in [0.5, 0.6) is 5.75 Å². The fraction of sp³-hybridized carbons (Fsp3) is 0.348. The Labute approximate surface area is 178 Å². The molecule has 1 aromatic carbocycles. The Morgan fingerprint density at radius 3 is 2.47 bits per heavy atom. The van der Waals surface area contributed by atoms with Crippen LogP contribution in [0.2, 0.25) is 0 Å². The van der Waals surface area contributed by atoms with Crippen LogP contribution in [0, 0.1) is 0 Å². The molecule has 0 aliphatic carbocycles. The van der Waals surface area contributed by atoms with Crippen LogP contribution in [-0.2, 0) is 6.61 Å². The van der Waals surface area contributed by atoms with Crippen molar-refractivity contribution in [2.24, 2.45) is 0 Å². The van der Waals surface area contributed by atoms with Gasteiger partial charge in [-0.25, -0.2) is 0 Å². The molecule has 0 spiro atoms. The first-order valence-corrected chi connectivity index (χ1v) is 10.9. The van der Waals surface area contributed by atoms with Gasteiger partial charge in [0.15, 0.2) is 0 Å². The second-order valence-corrected chi connectivity index (χ2v) is 8.43. The maximum atomic E-state index is 12.5. The highest BCUT2D eigenvalue weighted by atomic mass is 32.1. The van der Waals surface area contributed by atoms with Gasteiger partial charge in [-0.05, 0) is 73.1 Å². The van der Waals surface area contributed by atoms with E-state index in [1.165, 1.54) is 10.5 Å². The normalized spacial score (nSPS) is 16.0. The molecule has 1 fully saturated rings. The molecule has 1 aliphatic heterocycles. The number of aromatic nitrogens is 1. The van der Waals surface area contributed by atoms with Crippen molar-refractivity contribution in [1.82, 2.24) is 9.88 Å². The van der Waals surface area contributed by atoms with Gasteiger partial charge in [-0.3, -0.25) is 9.88 Å². The molecule has 4 rings (SSSR count). The van der Waals surface area contributed by atoms with Crippen LogP contribution in [0.25, 0.3) is 10.6 Å². The summed E-state index contributed by atoms with van der Waals surface area (Å²) in [5.74, 6) is 1.09. The van der Waals surface area contributed by atoms with Gasteiger partial charge in [0.2, 0.25) is 0 Å². The molecule has 0 atom stereocenters. The zero-order valence-electron chi connectivity index (χ0n) is 16.4. The van der Waals surface area contributed by atoms with Gasteiger partial charge in [-0.2, -0.15) is 13.2 Å². The summed E-state index contributed by atoms with van der Waals surface area (Å²) < 4.78 is 43.6. The Hall–Kier alpha value is -2.38. The lowest BCUT2D eigenvalue weighted by molar-refractivity contribution is -0.147. The summed E-state index contributed by atoms with van der Waals surface area (Å²) in [5, 5.41) is 2.04. The maximum absolute atomic E-state index is 12.5. The third kappa shape index (κ3) is 5.40. The van der Waals surface area contributed by atoms with Crippen LogP contribution in [-0.4, -0.2) is 35.7 Å². The third-order valence-electron chi connectivity index (χ3n) is 5.38. The SMILES string of the molecule is FC(F)(F)CN1CCC(c2ccc(OCc3ccsc3-c3ccccn3)cc2)CC1. The molecule has 0 unspecified atom stereocenters. The first-order chi connectivity index (χ1) is 14.5. The highest BCUT2D eigenvalue weighted by Crippen LogP contribution is 2.32. The smallest absolute Gasteiger partial charge is 0.401 e. The lowest BCUT2D eigenvalue weighted by Gasteiger charge is -2.32. The zero-order valence-corrected chi connectivity index (χ0v) is 17.3. The maximum Gasteiger partial charge on any atom is 0.401 e. The number of thiophene rings is 1. The van der Waals surface area contributed by atoms with E-state index in [1.807, 2.05) is 47.8 Å². The number of halogens is 3. The molecule has 0 saturated carbocycles. The highest BCUT2D eigenvalue weighted by Gasteiger charge is 2.32. The average Bonchev–Trinajstić information content (AvgIpc) is 3.21. The van der Waals surface area contributed by atoms with Gasteiger partial charge >= 0.3 is 6.18 Å². The van der Waals surface area contributed by atoms with Gasteiger partial charge in [0.25, 0.3) is 0 Å². The summed E-state index contributed by atoms with van der Waals surface area (Å²) in [5.41, 5.74) is 3.21. The van der Waals surface area contributed by atoms with Gasteiger partial charge in [-0.1, -0.05) is 18.2 Å². The summed E-state index contributed by atoms with van der Waals surface area (Å²) >= 11 is 1.65. The first kappa shape index (κ1) is 20.9. The summed E-state index contributed by atoms with van der Waals surface area (Å²) in [6, 6.07) is 15.9. The van der Waals surface area contributed by atoms with E-state index in [4.69, 9.17) is 4.74 Å². The summed E-state index contributed by atoms with van der Waals surface area (Å²) in [7, 11) is 0. The van der Waals surface area contributed by atoms with Crippen LogP contribution < -0.4 is 4.74 Å². The summed E-state index contributed by atoms with van der Waals surface area (Å²) in [6.45, 7) is 0.619. The van der Waals surface area contributed by atoms with E-state index in [0.29, 0.717) is 25.6 Å². The van der Waals surface area contributed by atoms with E-state index in [-0.39, 0.29) is 0 Å². The van der Waals surface area contributed by atoms with Crippen LogP contribution in [0.15, 0.2) is 60.1 Å². The van der Waals surface area contributed by atoms with E-state index in [1.54, 1.807) is 17.5 Å². The van der Waals surface area contributed by atoms with Gasteiger partial charge < -0.3 is 4.74 Å². The molecular formula is C23H23F3N2OS. The molecule has 0 N–H and O–H groups in total. The number of likely N-dealkylation sites (tertiary alicyclic amines) is 1. The Bertz CT molecular complexity index is 933. The molecule has 158 valence electrons. The molecule has 3 aromatic rings. The zero-order chi connectivity index (χ0) is 21.0. The lowest BCUT2D eigenvalue weighted by atomic mass is 9.89. The fourth-order valence-electron chi connectivity index (χ4n) is 3.85. The van der Waals surface area contributed by atoms with Crippen molar-refractivity contribution in [2.45, 2.75) is 31.5 Å². The second-order valence-electron chi connectivity index (χ2n) is 7.51. The molecule has 2 aromatic heterocycles. The molecule has 0 bridgehead atoms. The van der Waals surface area contributed by atoms with Gasteiger partial charge in [0.1, 0.15) is 12.4 Å². The third-order valence-corrected chi connectivity index (χ3v) is 6.36. The number of piperidine rings is 1. The molecule has 0 amide bonds. The molecule has 1 saturated heterocycles. The highest BCUT2D eigenvalue weighted by molar-refractivity contribution is 7.13. The number of pyridine rings is 1. The number of benzene rings is 1. The Kier molecular flexibility index (Phi) is 6.39. The van der Waals surface area contributed by atoms with Crippen molar-refractivity contribution in [2.75, 3.05) is 19.6 Å². The summed E-state index contributed by atoms with van der Waals surface area (Å²) in [6.07, 6.45) is -0.839. The largest absolute Gasteiger partial charge is 0.489 e. The monoisotopic (exact) mass is 432 g/mol. The van der Waals surface area contributed by atoms with Crippen molar-refractivity contribution in [1.29, 1.82) is 0 Å². The van der Waals surface area contributed by atoms with E-state index >= 15 is 0 Å². The minimum absolute atomic E-state index is 0.302. The molecule has 0 radical (unpaired) electrons. The van der Waals surface area contributed by atoms with Crippen LogP contribution >= 0.6 is 11.3 Å². The minimum Gasteiger partial charge on any atom is -0.489 e. The van der Waals surface area contributed by atoms with E-state index in [9.17, 15) is 13.2 Å². The number of hydrogen-bond donors (Lipinski definition) is 0. The number of alkyl halides is 3. The topological polar surface area (TPSA) is 25.4 Å². The molecule has 3 heterocycles. The standard InChI is InChI=1S/C23H23F3N2OS/c24-23(25,26)16-28-12-8-18(9-13-28)17-4-6-20(7-5-17)29-15-19-10-14-30-22(19)21-3-1-2-11-27-21/h1-7,10-11,14,18H,8-9,12-13,15-16H2. The predicted molar refractivity (Wildman–Crippen MR) is 113 cm³/mol. The Balaban J connectivity index is 1.32. The van der Waals surface area contributed by atoms with Crippen LogP contribution in [0.1, 0.15) is 29.9 Å². The number of ether oxygens (including phenoxy) is 1. The molecule has 30 heavy (non-hydrogen) atoms. The first-order valence-electron chi connectivity index (χ1n) is 9.97. The van der Waals surface area contributed by atoms with Crippen molar-refractivity contribution >= 4 is 11.3 Å². The van der Waals surface area contributed by atoms with Crippen molar-refractivity contribution in [3.05, 3.63) is 71.2 Å². The van der Waals surface area contributed by atoms with Crippen molar-refractivity contribution < 1.29 is 17.9 Å². The molecule has 7 heteroatoms. The van der Waals surface area contributed by atoms with Gasteiger partial charge in [-0.15, -0.1) is 11.3 Å².